The number of nitrogens with zero attached hydrogens (tertiary/aromatic N) is 2. The lowest BCUT2D eigenvalue weighted by atomic mass is 10.1. The van der Waals surface area contributed by atoms with Gasteiger partial charge in [0.05, 0.1) is 20.1 Å². The van der Waals surface area contributed by atoms with Gasteiger partial charge < -0.3 is 14.6 Å². The average molecular weight is 287 g/mol. The van der Waals surface area contributed by atoms with E-state index in [2.05, 4.69) is 21.8 Å². The van der Waals surface area contributed by atoms with Crippen LogP contribution >= 0.6 is 0 Å². The summed E-state index contributed by atoms with van der Waals surface area (Å²) in [5, 5.41) is 2.91. The molecule has 0 bridgehead atoms. The summed E-state index contributed by atoms with van der Waals surface area (Å²) in [6.45, 7) is 3.47. The van der Waals surface area contributed by atoms with E-state index >= 15 is 0 Å². The molecule has 5 heteroatoms. The molecule has 0 aliphatic heterocycles. The number of carbonyl (C=O) groups is 1. The van der Waals surface area contributed by atoms with Crippen LogP contribution in [0.4, 0.5) is 0 Å². The number of aromatic nitrogens is 2. The number of hydrogen-bond acceptors (Lipinski definition) is 3. The topological polar surface area (TPSA) is 56.2 Å². The Morgan fingerprint density at radius 1 is 1.38 bits per heavy atom. The fourth-order valence-electron chi connectivity index (χ4n) is 2.21. The van der Waals surface area contributed by atoms with Crippen molar-refractivity contribution < 1.29 is 9.53 Å². The summed E-state index contributed by atoms with van der Waals surface area (Å²) >= 11 is 0. The number of hydrogen-bond donors (Lipinski definition) is 1. The molecule has 1 aromatic heterocycles. The first-order valence-corrected chi connectivity index (χ1v) is 7.13. The van der Waals surface area contributed by atoms with E-state index in [0.29, 0.717) is 13.0 Å². The van der Waals surface area contributed by atoms with Crippen molar-refractivity contribution in [1.82, 2.24) is 14.9 Å². The van der Waals surface area contributed by atoms with Gasteiger partial charge in [-0.25, -0.2) is 4.98 Å². The van der Waals surface area contributed by atoms with Gasteiger partial charge in [0, 0.05) is 24.5 Å². The monoisotopic (exact) mass is 287 g/mol. The Bertz CT molecular complexity index is 593. The number of benzene rings is 1. The summed E-state index contributed by atoms with van der Waals surface area (Å²) in [5.74, 6) is 1.58. The number of carbonyl (C=O) groups excluding carboxylic acids is 1. The number of amides is 1. The Kier molecular flexibility index (Phi) is 5.37. The molecule has 2 aromatic rings. The van der Waals surface area contributed by atoms with E-state index < -0.39 is 0 Å². The van der Waals surface area contributed by atoms with Gasteiger partial charge in [0.1, 0.15) is 11.6 Å². The molecule has 1 amide bonds. The molecule has 0 saturated carbocycles. The minimum absolute atomic E-state index is 0.0365. The second-order valence-electron chi connectivity index (χ2n) is 4.80. The highest BCUT2D eigenvalue weighted by molar-refractivity contribution is 5.79. The molecule has 112 valence electrons. The zero-order valence-electron chi connectivity index (χ0n) is 12.5. The Hall–Kier alpha value is -2.30. The Morgan fingerprint density at radius 3 is 2.95 bits per heavy atom. The van der Waals surface area contributed by atoms with E-state index in [9.17, 15) is 4.79 Å². The molecule has 2 rings (SSSR count). The normalized spacial score (nSPS) is 10.4. The van der Waals surface area contributed by atoms with Gasteiger partial charge in [0.2, 0.25) is 5.91 Å². The van der Waals surface area contributed by atoms with Crippen molar-refractivity contribution in [3.05, 3.63) is 48.0 Å². The van der Waals surface area contributed by atoms with Crippen LogP contribution < -0.4 is 10.1 Å². The van der Waals surface area contributed by atoms with Crippen molar-refractivity contribution in [3.63, 3.8) is 0 Å². The van der Waals surface area contributed by atoms with Gasteiger partial charge in [-0.2, -0.15) is 0 Å². The van der Waals surface area contributed by atoms with Crippen LogP contribution in [0.1, 0.15) is 24.7 Å². The van der Waals surface area contributed by atoms with Crippen molar-refractivity contribution in [2.75, 3.05) is 7.11 Å². The number of aryl methyl sites for hydroxylation is 1. The van der Waals surface area contributed by atoms with Crippen molar-refractivity contribution in [2.45, 2.75) is 32.9 Å². The van der Waals surface area contributed by atoms with Gasteiger partial charge in [0.25, 0.3) is 0 Å². The molecule has 0 fully saturated rings. The molecule has 1 aromatic carbocycles. The summed E-state index contributed by atoms with van der Waals surface area (Å²) in [6, 6.07) is 7.55. The first-order valence-electron chi connectivity index (χ1n) is 7.13. The fourth-order valence-corrected chi connectivity index (χ4v) is 2.21. The minimum atomic E-state index is -0.0365. The van der Waals surface area contributed by atoms with Crippen molar-refractivity contribution >= 4 is 5.91 Å². The molecule has 0 radical (unpaired) electrons. The lowest BCUT2D eigenvalue weighted by Crippen LogP contribution is -2.26. The number of ether oxygens (including phenoxy) is 1. The van der Waals surface area contributed by atoms with Gasteiger partial charge in [0.15, 0.2) is 0 Å². The maximum atomic E-state index is 12.0. The molecule has 0 atom stereocenters. The summed E-state index contributed by atoms with van der Waals surface area (Å²) in [6.07, 6.45) is 5.04. The quantitative estimate of drug-likeness (QED) is 0.849. The second kappa shape index (κ2) is 7.47. The van der Waals surface area contributed by atoms with E-state index in [0.717, 1.165) is 30.1 Å². The summed E-state index contributed by atoms with van der Waals surface area (Å²) in [5.41, 5.74) is 0.884. The number of rotatable bonds is 7. The van der Waals surface area contributed by atoms with Gasteiger partial charge >= 0.3 is 0 Å². The van der Waals surface area contributed by atoms with Crippen LogP contribution in [0.5, 0.6) is 5.75 Å². The molecule has 0 unspecified atom stereocenters. The van der Waals surface area contributed by atoms with Crippen LogP contribution in [0.15, 0.2) is 36.7 Å². The first kappa shape index (κ1) is 15.1. The van der Waals surface area contributed by atoms with E-state index in [-0.39, 0.29) is 5.91 Å². The molecule has 0 saturated heterocycles. The number of nitrogens with one attached hydrogen (secondary N) is 1. The second-order valence-corrected chi connectivity index (χ2v) is 4.80. The zero-order valence-corrected chi connectivity index (χ0v) is 12.5. The van der Waals surface area contributed by atoms with E-state index in [1.807, 2.05) is 30.5 Å². The van der Waals surface area contributed by atoms with Crippen LogP contribution in [-0.4, -0.2) is 22.6 Å². The third-order valence-corrected chi connectivity index (χ3v) is 3.25. The maximum Gasteiger partial charge on any atom is 0.224 e. The predicted octanol–water partition coefficient (Wildman–Crippen LogP) is 2.16. The lowest BCUT2D eigenvalue weighted by molar-refractivity contribution is -0.120. The molecule has 5 nitrogen and oxygen atoms in total. The minimum Gasteiger partial charge on any atom is -0.496 e. The highest BCUT2D eigenvalue weighted by atomic mass is 16.5. The Labute approximate surface area is 125 Å². The standard InChI is InChI=1S/C16H21N3O2/c1-3-9-19-10-8-17-15(19)12-18-16(20)11-13-6-4-5-7-14(13)21-2/h4-8,10H,3,9,11-12H2,1-2H3,(H,18,20). The molecule has 0 aliphatic carbocycles. The van der Waals surface area contributed by atoms with E-state index in [4.69, 9.17) is 4.74 Å². The summed E-state index contributed by atoms with van der Waals surface area (Å²) < 4.78 is 7.31. The van der Waals surface area contributed by atoms with Gasteiger partial charge in [-0.15, -0.1) is 0 Å². The van der Waals surface area contributed by atoms with E-state index in [1.54, 1.807) is 13.3 Å². The van der Waals surface area contributed by atoms with Crippen LogP contribution in [0.2, 0.25) is 0 Å². The molecule has 0 spiro atoms. The van der Waals surface area contributed by atoms with Crippen molar-refractivity contribution in [2.24, 2.45) is 0 Å². The smallest absolute Gasteiger partial charge is 0.224 e. The highest BCUT2D eigenvalue weighted by Crippen LogP contribution is 2.17. The number of methoxy groups -OCH3 is 1. The number of imidazole rings is 1. The third-order valence-electron chi connectivity index (χ3n) is 3.25. The zero-order chi connectivity index (χ0) is 15.1. The number of para-hydroxylation sites is 1. The first-order chi connectivity index (χ1) is 10.2. The summed E-state index contributed by atoms with van der Waals surface area (Å²) in [7, 11) is 1.61. The Morgan fingerprint density at radius 2 is 2.19 bits per heavy atom. The van der Waals surface area contributed by atoms with Crippen LogP contribution in [-0.2, 0) is 24.3 Å². The van der Waals surface area contributed by atoms with Crippen LogP contribution in [0.25, 0.3) is 0 Å². The van der Waals surface area contributed by atoms with Gasteiger partial charge in [-0.1, -0.05) is 25.1 Å². The molecule has 1 N–H and O–H groups in total. The lowest BCUT2D eigenvalue weighted by Gasteiger charge is -2.10. The molecular weight excluding hydrogens is 266 g/mol. The van der Waals surface area contributed by atoms with Crippen LogP contribution in [0, 0.1) is 0 Å². The molecule has 1 heterocycles. The SMILES string of the molecule is CCCn1ccnc1CNC(=O)Cc1ccccc1OC. The predicted molar refractivity (Wildman–Crippen MR) is 81.1 cm³/mol. The molecule has 21 heavy (non-hydrogen) atoms. The summed E-state index contributed by atoms with van der Waals surface area (Å²) in [4.78, 5) is 16.3. The molecular formula is C16H21N3O2. The van der Waals surface area contributed by atoms with Gasteiger partial charge in [-0.3, -0.25) is 4.79 Å². The molecule has 0 aliphatic rings. The van der Waals surface area contributed by atoms with Crippen LogP contribution in [0.3, 0.4) is 0 Å². The van der Waals surface area contributed by atoms with Crippen molar-refractivity contribution in [1.29, 1.82) is 0 Å². The largest absolute Gasteiger partial charge is 0.496 e. The Balaban J connectivity index is 1.91. The third kappa shape index (κ3) is 4.08. The van der Waals surface area contributed by atoms with Crippen molar-refractivity contribution in [3.8, 4) is 5.75 Å². The maximum absolute atomic E-state index is 12.0. The van der Waals surface area contributed by atoms with Gasteiger partial charge in [-0.05, 0) is 12.5 Å². The van der Waals surface area contributed by atoms with E-state index in [1.165, 1.54) is 0 Å². The fraction of sp³-hybridized carbons (Fsp3) is 0.375. The highest BCUT2D eigenvalue weighted by Gasteiger charge is 2.09. The average Bonchev–Trinajstić information content (AvgIpc) is 2.93.